The van der Waals surface area contributed by atoms with Gasteiger partial charge in [-0.3, -0.25) is 0 Å². The molecule has 0 spiro atoms. The molecule has 15 heavy (non-hydrogen) atoms. The minimum Gasteiger partial charge on any atom is -0.369 e. The van der Waals surface area contributed by atoms with Gasteiger partial charge in [0.15, 0.2) is 0 Å². The lowest BCUT2D eigenvalue weighted by Gasteiger charge is -2.34. The van der Waals surface area contributed by atoms with Crippen molar-refractivity contribution in [2.45, 2.75) is 13.8 Å². The Hall–Kier alpha value is -1.02. The SMILES string of the molecule is C=C/C(C)=C\C(=C/C)N1CCN(C)CC1. The highest BCUT2D eigenvalue weighted by Gasteiger charge is 2.14. The molecule has 0 aromatic heterocycles. The van der Waals surface area contributed by atoms with Gasteiger partial charge in [0.1, 0.15) is 0 Å². The first-order valence-electron chi connectivity index (χ1n) is 5.58. The number of piperazine rings is 1. The normalized spacial score (nSPS) is 20.6. The zero-order valence-electron chi connectivity index (χ0n) is 10.2. The largest absolute Gasteiger partial charge is 0.369 e. The molecule has 1 saturated heterocycles. The average Bonchev–Trinajstić information content (AvgIpc) is 2.27. The van der Waals surface area contributed by atoms with Crippen molar-refractivity contribution < 1.29 is 0 Å². The lowest BCUT2D eigenvalue weighted by molar-refractivity contribution is 0.190. The van der Waals surface area contributed by atoms with E-state index >= 15 is 0 Å². The van der Waals surface area contributed by atoms with Crippen LogP contribution in [0.4, 0.5) is 0 Å². The van der Waals surface area contributed by atoms with Crippen LogP contribution in [0.15, 0.2) is 36.1 Å². The van der Waals surface area contributed by atoms with E-state index in [9.17, 15) is 0 Å². The number of allylic oxidation sites excluding steroid dienone is 4. The van der Waals surface area contributed by atoms with Gasteiger partial charge in [-0.15, -0.1) is 0 Å². The fraction of sp³-hybridized carbons (Fsp3) is 0.538. The van der Waals surface area contributed by atoms with E-state index in [2.05, 4.69) is 49.4 Å². The van der Waals surface area contributed by atoms with Crippen LogP contribution in [0.25, 0.3) is 0 Å². The molecule has 1 aliphatic rings. The summed E-state index contributed by atoms with van der Waals surface area (Å²) < 4.78 is 0. The topological polar surface area (TPSA) is 6.48 Å². The van der Waals surface area contributed by atoms with Crippen LogP contribution >= 0.6 is 0 Å². The van der Waals surface area contributed by atoms with Gasteiger partial charge in [0.05, 0.1) is 0 Å². The van der Waals surface area contributed by atoms with Crippen LogP contribution < -0.4 is 0 Å². The van der Waals surface area contributed by atoms with Crippen molar-refractivity contribution in [1.29, 1.82) is 0 Å². The van der Waals surface area contributed by atoms with Crippen LogP contribution in [0.2, 0.25) is 0 Å². The van der Waals surface area contributed by atoms with Gasteiger partial charge in [0.2, 0.25) is 0 Å². The summed E-state index contributed by atoms with van der Waals surface area (Å²) in [6.45, 7) is 12.5. The molecule has 0 aliphatic carbocycles. The molecule has 0 radical (unpaired) electrons. The maximum atomic E-state index is 3.78. The summed E-state index contributed by atoms with van der Waals surface area (Å²) in [5.41, 5.74) is 2.54. The molecule has 0 amide bonds. The first kappa shape index (κ1) is 12.1. The molecule has 0 aromatic carbocycles. The fourth-order valence-corrected chi connectivity index (χ4v) is 1.71. The van der Waals surface area contributed by atoms with Gasteiger partial charge in [0.25, 0.3) is 0 Å². The Balaban J connectivity index is 2.64. The zero-order chi connectivity index (χ0) is 11.3. The van der Waals surface area contributed by atoms with Gasteiger partial charge in [-0.05, 0) is 32.5 Å². The molecule has 2 nitrogen and oxygen atoms in total. The van der Waals surface area contributed by atoms with Crippen molar-refractivity contribution >= 4 is 0 Å². The number of likely N-dealkylation sites (N-methyl/N-ethyl adjacent to an activating group) is 1. The van der Waals surface area contributed by atoms with Crippen LogP contribution in [0.1, 0.15) is 13.8 Å². The van der Waals surface area contributed by atoms with Gasteiger partial charge in [-0.1, -0.05) is 18.7 Å². The second-order valence-corrected chi connectivity index (χ2v) is 4.10. The molecule has 1 rings (SSSR count). The fourth-order valence-electron chi connectivity index (χ4n) is 1.71. The molecular weight excluding hydrogens is 184 g/mol. The minimum atomic E-state index is 1.12. The molecule has 1 aliphatic heterocycles. The highest BCUT2D eigenvalue weighted by atomic mass is 15.2. The van der Waals surface area contributed by atoms with Crippen LogP contribution in [0.5, 0.6) is 0 Å². The molecule has 0 N–H and O–H groups in total. The molecule has 1 heterocycles. The molecule has 84 valence electrons. The molecular formula is C13H22N2. The smallest absolute Gasteiger partial charge is 0.0326 e. The van der Waals surface area contributed by atoms with Gasteiger partial charge in [0, 0.05) is 31.9 Å². The van der Waals surface area contributed by atoms with Gasteiger partial charge >= 0.3 is 0 Å². The monoisotopic (exact) mass is 206 g/mol. The van der Waals surface area contributed by atoms with Crippen LogP contribution in [0.3, 0.4) is 0 Å². The third kappa shape index (κ3) is 3.56. The Bertz CT molecular complexity index is 268. The van der Waals surface area contributed by atoms with E-state index in [1.165, 1.54) is 11.3 Å². The minimum absolute atomic E-state index is 1.12. The van der Waals surface area contributed by atoms with Crippen molar-refractivity contribution in [3.8, 4) is 0 Å². The van der Waals surface area contributed by atoms with Crippen LogP contribution in [-0.4, -0.2) is 43.0 Å². The summed E-state index contributed by atoms with van der Waals surface area (Å²) in [5.74, 6) is 0. The Kier molecular flexibility index (Phi) is 4.63. The Morgan fingerprint density at radius 2 is 1.80 bits per heavy atom. The Morgan fingerprint density at radius 3 is 2.27 bits per heavy atom. The lowest BCUT2D eigenvalue weighted by atomic mass is 10.2. The maximum Gasteiger partial charge on any atom is 0.0326 e. The molecule has 0 unspecified atom stereocenters. The summed E-state index contributed by atoms with van der Waals surface area (Å²) in [6, 6.07) is 0. The zero-order valence-corrected chi connectivity index (χ0v) is 10.2. The predicted octanol–water partition coefficient (Wildman–Crippen LogP) is 2.27. The first-order chi connectivity index (χ1) is 7.17. The molecule has 0 aromatic rings. The van der Waals surface area contributed by atoms with Crippen molar-refractivity contribution in [2.24, 2.45) is 0 Å². The summed E-state index contributed by atoms with van der Waals surface area (Å²) >= 11 is 0. The quantitative estimate of drug-likeness (QED) is 0.654. The second kappa shape index (κ2) is 5.76. The standard InChI is InChI=1S/C13H22N2/c1-5-12(3)11-13(6-2)15-9-7-14(4)8-10-15/h5-6,11H,1,7-10H2,2-4H3/b12-11-,13-6+. The molecule has 1 fully saturated rings. The number of nitrogens with zero attached hydrogens (tertiary/aromatic N) is 2. The summed E-state index contributed by atoms with van der Waals surface area (Å²) in [5, 5.41) is 0. The first-order valence-corrected chi connectivity index (χ1v) is 5.58. The van der Waals surface area contributed by atoms with Crippen LogP contribution in [0, 0.1) is 0 Å². The van der Waals surface area contributed by atoms with E-state index < -0.39 is 0 Å². The van der Waals surface area contributed by atoms with E-state index in [1.807, 2.05) is 6.08 Å². The maximum absolute atomic E-state index is 3.78. The van der Waals surface area contributed by atoms with E-state index in [0.717, 1.165) is 26.2 Å². The Morgan fingerprint density at radius 1 is 1.20 bits per heavy atom. The van der Waals surface area contributed by atoms with E-state index in [4.69, 9.17) is 0 Å². The number of rotatable bonds is 3. The second-order valence-electron chi connectivity index (χ2n) is 4.10. The molecule has 0 saturated carbocycles. The van der Waals surface area contributed by atoms with Gasteiger partial charge in [-0.2, -0.15) is 0 Å². The van der Waals surface area contributed by atoms with E-state index in [0.29, 0.717) is 0 Å². The molecule has 0 bridgehead atoms. The summed E-state index contributed by atoms with van der Waals surface area (Å²) in [6.07, 6.45) is 6.29. The highest BCUT2D eigenvalue weighted by molar-refractivity contribution is 5.27. The number of hydrogen-bond acceptors (Lipinski definition) is 2. The van der Waals surface area contributed by atoms with Gasteiger partial charge in [-0.25, -0.2) is 0 Å². The van der Waals surface area contributed by atoms with Crippen molar-refractivity contribution in [2.75, 3.05) is 33.2 Å². The Labute approximate surface area is 93.6 Å². The average molecular weight is 206 g/mol. The van der Waals surface area contributed by atoms with Gasteiger partial charge < -0.3 is 9.80 Å². The number of hydrogen-bond donors (Lipinski definition) is 0. The van der Waals surface area contributed by atoms with Crippen LogP contribution in [-0.2, 0) is 0 Å². The highest BCUT2D eigenvalue weighted by Crippen LogP contribution is 2.12. The third-order valence-corrected chi connectivity index (χ3v) is 2.86. The third-order valence-electron chi connectivity index (χ3n) is 2.86. The summed E-state index contributed by atoms with van der Waals surface area (Å²) in [4.78, 5) is 4.81. The van der Waals surface area contributed by atoms with E-state index in [-0.39, 0.29) is 0 Å². The predicted molar refractivity (Wildman–Crippen MR) is 66.8 cm³/mol. The van der Waals surface area contributed by atoms with Crippen molar-refractivity contribution in [1.82, 2.24) is 9.80 Å². The van der Waals surface area contributed by atoms with Crippen molar-refractivity contribution in [3.05, 3.63) is 36.1 Å². The lowest BCUT2D eigenvalue weighted by Crippen LogP contribution is -2.43. The summed E-state index contributed by atoms with van der Waals surface area (Å²) in [7, 11) is 2.18. The van der Waals surface area contributed by atoms with E-state index in [1.54, 1.807) is 0 Å². The molecule has 2 heteroatoms. The van der Waals surface area contributed by atoms with Crippen molar-refractivity contribution in [3.63, 3.8) is 0 Å². The molecule has 0 atom stereocenters.